The average molecular weight is 272 g/mol. The quantitative estimate of drug-likeness (QED) is 0.770. The molecule has 1 heterocycles. The van der Waals surface area contributed by atoms with Crippen molar-refractivity contribution in [1.29, 1.82) is 5.26 Å². The van der Waals surface area contributed by atoms with Crippen molar-refractivity contribution in [1.82, 2.24) is 4.90 Å². The van der Waals surface area contributed by atoms with Gasteiger partial charge in [-0.1, -0.05) is 13.0 Å². The molecule has 1 saturated heterocycles. The molecule has 0 aliphatic carbocycles. The summed E-state index contributed by atoms with van der Waals surface area (Å²) in [7, 11) is 0. The van der Waals surface area contributed by atoms with E-state index in [2.05, 4.69) is 24.8 Å². The smallest absolute Gasteiger partial charge is 0.120 e. The Balaban J connectivity index is 1.72. The fraction of sp³-hybridized carbons (Fsp3) is 0.588. The van der Waals surface area contributed by atoms with Crippen molar-refractivity contribution in [2.45, 2.75) is 39.2 Å². The van der Waals surface area contributed by atoms with Gasteiger partial charge in [0.05, 0.1) is 18.2 Å². The largest absolute Gasteiger partial charge is 0.494 e. The van der Waals surface area contributed by atoms with E-state index in [1.54, 1.807) is 12.1 Å². The molecule has 0 bridgehead atoms. The Morgan fingerprint density at radius 2 is 2.25 bits per heavy atom. The molecule has 1 aromatic rings. The lowest BCUT2D eigenvalue weighted by Crippen LogP contribution is -2.43. The maximum absolute atomic E-state index is 8.85. The second kappa shape index (κ2) is 7.31. The lowest BCUT2D eigenvalue weighted by Gasteiger charge is -2.37. The van der Waals surface area contributed by atoms with Crippen LogP contribution >= 0.6 is 0 Å². The zero-order valence-corrected chi connectivity index (χ0v) is 12.5. The van der Waals surface area contributed by atoms with Gasteiger partial charge in [-0.2, -0.15) is 5.26 Å². The van der Waals surface area contributed by atoms with E-state index in [0.29, 0.717) is 18.2 Å². The number of nitriles is 1. The third-order valence-corrected chi connectivity index (χ3v) is 4.33. The van der Waals surface area contributed by atoms with Crippen molar-refractivity contribution < 1.29 is 4.74 Å². The number of hydrogen-bond donors (Lipinski definition) is 0. The summed E-state index contributed by atoms with van der Waals surface area (Å²) in [6.45, 7) is 7.72. The minimum Gasteiger partial charge on any atom is -0.494 e. The first-order valence-electron chi connectivity index (χ1n) is 7.57. The Morgan fingerprint density at radius 1 is 1.40 bits per heavy atom. The fourth-order valence-electron chi connectivity index (χ4n) is 2.85. The van der Waals surface area contributed by atoms with E-state index in [-0.39, 0.29) is 0 Å². The summed E-state index contributed by atoms with van der Waals surface area (Å²) in [5.41, 5.74) is 0.654. The molecule has 2 rings (SSSR count). The maximum atomic E-state index is 8.85. The lowest BCUT2D eigenvalue weighted by atomic mass is 9.92. The van der Waals surface area contributed by atoms with Gasteiger partial charge in [-0.3, -0.25) is 0 Å². The van der Waals surface area contributed by atoms with Crippen LogP contribution in [0.2, 0.25) is 0 Å². The minimum absolute atomic E-state index is 0.654. The highest BCUT2D eigenvalue weighted by molar-refractivity contribution is 5.36. The van der Waals surface area contributed by atoms with Crippen LogP contribution < -0.4 is 4.74 Å². The Hall–Kier alpha value is -1.53. The van der Waals surface area contributed by atoms with Gasteiger partial charge in [0.2, 0.25) is 0 Å². The van der Waals surface area contributed by atoms with Gasteiger partial charge in [0, 0.05) is 12.6 Å². The average Bonchev–Trinajstić information content (AvgIpc) is 2.48. The predicted molar refractivity (Wildman–Crippen MR) is 80.7 cm³/mol. The van der Waals surface area contributed by atoms with Crippen molar-refractivity contribution in [2.75, 3.05) is 19.7 Å². The zero-order chi connectivity index (χ0) is 14.4. The van der Waals surface area contributed by atoms with E-state index in [4.69, 9.17) is 10.00 Å². The minimum atomic E-state index is 0.654. The second-order valence-electron chi connectivity index (χ2n) is 5.74. The molecule has 3 heteroatoms. The summed E-state index contributed by atoms with van der Waals surface area (Å²) < 4.78 is 5.72. The first-order chi connectivity index (χ1) is 9.70. The van der Waals surface area contributed by atoms with Crippen LogP contribution in [0.3, 0.4) is 0 Å². The van der Waals surface area contributed by atoms with Crippen LogP contribution in [0.1, 0.15) is 38.7 Å². The Bertz CT molecular complexity index is 466. The molecule has 1 fully saturated rings. The highest BCUT2D eigenvalue weighted by Gasteiger charge is 2.23. The molecule has 1 aliphatic rings. The number of rotatable bonds is 5. The number of ether oxygens (including phenoxy) is 1. The monoisotopic (exact) mass is 272 g/mol. The van der Waals surface area contributed by atoms with E-state index in [1.165, 1.54) is 19.4 Å². The van der Waals surface area contributed by atoms with E-state index in [9.17, 15) is 0 Å². The predicted octanol–water partition coefficient (Wildman–Crippen LogP) is 3.45. The molecule has 1 aromatic carbocycles. The Kier molecular flexibility index (Phi) is 5.43. The van der Waals surface area contributed by atoms with Crippen LogP contribution in [0.25, 0.3) is 0 Å². The molecule has 0 amide bonds. The normalized spacial score (nSPS) is 23.2. The molecule has 20 heavy (non-hydrogen) atoms. The standard InChI is InChI=1S/C17H24N2O/c1-14-6-4-9-19(15(14)2)10-5-11-20-17-8-3-7-16(12-17)13-18/h3,7-8,12,14-15H,4-6,9-11H2,1-2H3. The van der Waals surface area contributed by atoms with Crippen LogP contribution in [-0.2, 0) is 0 Å². The number of benzene rings is 1. The SMILES string of the molecule is CC1CCCN(CCCOc2cccc(C#N)c2)C1C. The Labute approximate surface area is 122 Å². The molecule has 0 spiro atoms. The molecule has 0 aromatic heterocycles. The van der Waals surface area contributed by atoms with E-state index in [0.717, 1.165) is 24.6 Å². The van der Waals surface area contributed by atoms with Gasteiger partial charge in [-0.05, 0) is 56.8 Å². The number of hydrogen-bond acceptors (Lipinski definition) is 3. The summed E-state index contributed by atoms with van der Waals surface area (Å²) in [6, 6.07) is 10.2. The summed E-state index contributed by atoms with van der Waals surface area (Å²) in [5, 5.41) is 8.85. The first-order valence-corrected chi connectivity index (χ1v) is 7.57. The van der Waals surface area contributed by atoms with Crippen molar-refractivity contribution in [2.24, 2.45) is 5.92 Å². The molecular weight excluding hydrogens is 248 g/mol. The highest BCUT2D eigenvalue weighted by atomic mass is 16.5. The molecule has 1 aliphatic heterocycles. The fourth-order valence-corrected chi connectivity index (χ4v) is 2.85. The number of nitrogens with zero attached hydrogens (tertiary/aromatic N) is 2. The molecule has 0 radical (unpaired) electrons. The molecule has 2 unspecified atom stereocenters. The van der Waals surface area contributed by atoms with Gasteiger partial charge in [-0.15, -0.1) is 0 Å². The zero-order valence-electron chi connectivity index (χ0n) is 12.5. The summed E-state index contributed by atoms with van der Waals surface area (Å²) >= 11 is 0. The first kappa shape index (κ1) is 14.9. The molecule has 2 atom stereocenters. The Morgan fingerprint density at radius 3 is 3.05 bits per heavy atom. The van der Waals surface area contributed by atoms with Crippen LogP contribution in [0.4, 0.5) is 0 Å². The van der Waals surface area contributed by atoms with Gasteiger partial charge in [0.15, 0.2) is 0 Å². The maximum Gasteiger partial charge on any atom is 0.120 e. The van der Waals surface area contributed by atoms with E-state index >= 15 is 0 Å². The lowest BCUT2D eigenvalue weighted by molar-refractivity contribution is 0.106. The van der Waals surface area contributed by atoms with Crippen molar-refractivity contribution in [3.8, 4) is 11.8 Å². The van der Waals surface area contributed by atoms with Crippen LogP contribution in [0.5, 0.6) is 5.75 Å². The molecule has 0 saturated carbocycles. The van der Waals surface area contributed by atoms with Crippen molar-refractivity contribution in [3.63, 3.8) is 0 Å². The summed E-state index contributed by atoms with van der Waals surface area (Å²) in [5.74, 6) is 1.60. The number of piperidine rings is 1. The van der Waals surface area contributed by atoms with Gasteiger partial charge < -0.3 is 9.64 Å². The third kappa shape index (κ3) is 3.98. The van der Waals surface area contributed by atoms with Crippen molar-refractivity contribution >= 4 is 0 Å². The van der Waals surface area contributed by atoms with Gasteiger partial charge in [0.1, 0.15) is 5.75 Å². The van der Waals surface area contributed by atoms with Crippen LogP contribution in [-0.4, -0.2) is 30.6 Å². The van der Waals surface area contributed by atoms with Gasteiger partial charge in [0.25, 0.3) is 0 Å². The van der Waals surface area contributed by atoms with Crippen LogP contribution in [0, 0.1) is 17.2 Å². The molecular formula is C17H24N2O. The summed E-state index contributed by atoms with van der Waals surface area (Å²) in [4.78, 5) is 2.57. The molecule has 0 N–H and O–H groups in total. The third-order valence-electron chi connectivity index (χ3n) is 4.33. The summed E-state index contributed by atoms with van der Waals surface area (Å²) in [6.07, 6.45) is 3.71. The van der Waals surface area contributed by atoms with E-state index < -0.39 is 0 Å². The van der Waals surface area contributed by atoms with Crippen molar-refractivity contribution in [3.05, 3.63) is 29.8 Å². The highest BCUT2D eigenvalue weighted by Crippen LogP contribution is 2.22. The van der Waals surface area contributed by atoms with Gasteiger partial charge in [-0.25, -0.2) is 0 Å². The second-order valence-corrected chi connectivity index (χ2v) is 5.74. The molecule has 3 nitrogen and oxygen atoms in total. The van der Waals surface area contributed by atoms with Crippen LogP contribution in [0.15, 0.2) is 24.3 Å². The topological polar surface area (TPSA) is 36.3 Å². The van der Waals surface area contributed by atoms with E-state index in [1.807, 2.05) is 12.1 Å². The number of likely N-dealkylation sites (tertiary alicyclic amines) is 1. The molecule has 108 valence electrons. The van der Waals surface area contributed by atoms with Gasteiger partial charge >= 0.3 is 0 Å².